The number of ether oxygens (including phenoxy) is 1. The summed E-state index contributed by atoms with van der Waals surface area (Å²) in [6.45, 7) is 7.38. The Morgan fingerprint density at radius 1 is 1.45 bits per heavy atom. The Kier molecular flexibility index (Phi) is 6.88. The van der Waals surface area contributed by atoms with Crippen LogP contribution in [0.2, 0.25) is 0 Å². The molecule has 4 nitrogen and oxygen atoms in total. The highest BCUT2D eigenvalue weighted by molar-refractivity contribution is 7.99. The first kappa shape index (κ1) is 16.9. The van der Waals surface area contributed by atoms with E-state index in [-0.39, 0.29) is 6.04 Å². The first-order valence-corrected chi connectivity index (χ1v) is 7.76. The molecule has 0 bridgehead atoms. The number of rotatable bonds is 8. The van der Waals surface area contributed by atoms with E-state index in [4.69, 9.17) is 4.74 Å². The fraction of sp³-hybridized carbons (Fsp3) is 0.533. The second-order valence-corrected chi connectivity index (χ2v) is 5.97. The van der Waals surface area contributed by atoms with Gasteiger partial charge in [0, 0.05) is 24.6 Å². The van der Waals surface area contributed by atoms with Crippen LogP contribution in [0.25, 0.3) is 0 Å². The predicted octanol–water partition coefficient (Wildman–Crippen LogP) is 3.36. The Morgan fingerprint density at radius 3 is 2.65 bits per heavy atom. The average molecular weight is 297 g/mol. The van der Waals surface area contributed by atoms with Gasteiger partial charge in [0.05, 0.1) is 17.9 Å². The maximum absolute atomic E-state index is 11.6. The summed E-state index contributed by atoms with van der Waals surface area (Å²) in [5.74, 6) is -0.0247. The van der Waals surface area contributed by atoms with E-state index >= 15 is 0 Å². The summed E-state index contributed by atoms with van der Waals surface area (Å²) in [7, 11) is 1.65. The molecule has 0 aliphatic carbocycles. The van der Waals surface area contributed by atoms with Gasteiger partial charge < -0.3 is 14.7 Å². The van der Waals surface area contributed by atoms with Gasteiger partial charge in [-0.25, -0.2) is 4.79 Å². The van der Waals surface area contributed by atoms with Crippen molar-refractivity contribution in [2.24, 2.45) is 0 Å². The van der Waals surface area contributed by atoms with E-state index < -0.39 is 5.97 Å². The smallest absolute Gasteiger partial charge is 0.338 e. The maximum Gasteiger partial charge on any atom is 0.338 e. The molecule has 5 heteroatoms. The number of thioether (sulfide) groups is 1. The number of anilines is 1. The van der Waals surface area contributed by atoms with Gasteiger partial charge in [-0.15, -0.1) is 11.8 Å². The van der Waals surface area contributed by atoms with E-state index in [0.29, 0.717) is 18.7 Å². The monoisotopic (exact) mass is 297 g/mol. The van der Waals surface area contributed by atoms with Gasteiger partial charge >= 0.3 is 5.97 Å². The van der Waals surface area contributed by atoms with Gasteiger partial charge in [-0.05, 0) is 31.7 Å². The van der Waals surface area contributed by atoms with Crippen LogP contribution in [0, 0.1) is 0 Å². The highest BCUT2D eigenvalue weighted by atomic mass is 32.2. The molecule has 0 amide bonds. The molecule has 0 aromatic heterocycles. The second kappa shape index (κ2) is 8.17. The van der Waals surface area contributed by atoms with Crippen LogP contribution in [0.1, 0.15) is 31.1 Å². The quantitative estimate of drug-likeness (QED) is 0.746. The average Bonchev–Trinajstić information content (AvgIpc) is 2.39. The van der Waals surface area contributed by atoms with Crippen LogP contribution in [-0.4, -0.2) is 43.1 Å². The molecule has 0 radical (unpaired) electrons. The zero-order valence-corrected chi connectivity index (χ0v) is 13.4. The van der Waals surface area contributed by atoms with E-state index in [0.717, 1.165) is 16.3 Å². The number of hydrogen-bond acceptors (Lipinski definition) is 4. The Morgan fingerprint density at radius 2 is 2.15 bits per heavy atom. The van der Waals surface area contributed by atoms with Crippen molar-refractivity contribution in [2.45, 2.75) is 31.7 Å². The highest BCUT2D eigenvalue weighted by Gasteiger charge is 2.21. The molecule has 1 N–H and O–H groups in total. The van der Waals surface area contributed by atoms with E-state index in [2.05, 4.69) is 18.7 Å². The molecule has 0 aliphatic rings. The van der Waals surface area contributed by atoms with E-state index in [1.54, 1.807) is 18.9 Å². The van der Waals surface area contributed by atoms with Crippen LogP contribution in [0.3, 0.4) is 0 Å². The summed E-state index contributed by atoms with van der Waals surface area (Å²) in [5.41, 5.74) is 1.16. The molecule has 0 fully saturated rings. The molecular weight excluding hydrogens is 274 g/mol. The number of hydrogen-bond donors (Lipinski definition) is 1. The summed E-state index contributed by atoms with van der Waals surface area (Å²) >= 11 is 1.56. The number of nitrogens with zero attached hydrogens (tertiary/aromatic N) is 1. The lowest BCUT2D eigenvalue weighted by Gasteiger charge is -2.30. The highest BCUT2D eigenvalue weighted by Crippen LogP contribution is 2.31. The van der Waals surface area contributed by atoms with Crippen molar-refractivity contribution in [3.63, 3.8) is 0 Å². The summed E-state index contributed by atoms with van der Waals surface area (Å²) in [4.78, 5) is 14.5. The van der Waals surface area contributed by atoms with Gasteiger partial charge in [0.15, 0.2) is 0 Å². The number of carbonyl (C=O) groups is 1. The fourth-order valence-electron chi connectivity index (χ4n) is 2.10. The molecule has 1 aromatic carbocycles. The van der Waals surface area contributed by atoms with Gasteiger partial charge in [0.2, 0.25) is 0 Å². The number of carboxylic acids is 1. The summed E-state index contributed by atoms with van der Waals surface area (Å²) in [6.07, 6.45) is 0. The van der Waals surface area contributed by atoms with Crippen molar-refractivity contribution in [3.8, 4) is 0 Å². The van der Waals surface area contributed by atoms with E-state index in [1.165, 1.54) is 0 Å². The van der Waals surface area contributed by atoms with E-state index in [9.17, 15) is 9.90 Å². The lowest BCUT2D eigenvalue weighted by molar-refractivity contribution is 0.0693. The Hall–Kier alpha value is -1.20. The number of aromatic carboxylic acids is 1. The van der Waals surface area contributed by atoms with Crippen LogP contribution >= 0.6 is 11.8 Å². The minimum absolute atomic E-state index is 0.213. The molecule has 112 valence electrons. The van der Waals surface area contributed by atoms with Gasteiger partial charge in [0.25, 0.3) is 0 Å². The van der Waals surface area contributed by atoms with Crippen molar-refractivity contribution in [2.75, 3.05) is 30.9 Å². The molecule has 0 atom stereocenters. The minimum Gasteiger partial charge on any atom is -0.478 e. The minimum atomic E-state index is -0.875. The SMILES string of the molecule is CCSc1cccc(N(CCOC)C(C)C)c1C(=O)O. The van der Waals surface area contributed by atoms with E-state index in [1.807, 2.05) is 25.1 Å². The number of methoxy groups -OCH3 is 1. The van der Waals surface area contributed by atoms with Crippen molar-refractivity contribution in [1.29, 1.82) is 0 Å². The third-order valence-electron chi connectivity index (χ3n) is 2.99. The van der Waals surface area contributed by atoms with Crippen molar-refractivity contribution in [1.82, 2.24) is 0 Å². The predicted molar refractivity (Wildman–Crippen MR) is 84.2 cm³/mol. The Labute approximate surface area is 125 Å². The largest absolute Gasteiger partial charge is 0.478 e. The fourth-order valence-corrected chi connectivity index (χ4v) is 2.92. The van der Waals surface area contributed by atoms with Crippen molar-refractivity contribution in [3.05, 3.63) is 23.8 Å². The Bertz CT molecular complexity index is 449. The molecule has 1 rings (SSSR count). The van der Waals surface area contributed by atoms with Crippen LogP contribution in [0.15, 0.2) is 23.1 Å². The van der Waals surface area contributed by atoms with Crippen molar-refractivity contribution < 1.29 is 14.6 Å². The standard InChI is InChI=1S/C15H23NO3S/c1-5-20-13-8-6-7-12(14(13)15(17)18)16(11(2)3)9-10-19-4/h6-8,11H,5,9-10H2,1-4H3,(H,17,18). The van der Waals surface area contributed by atoms with Crippen LogP contribution in [-0.2, 0) is 4.74 Å². The first-order valence-electron chi connectivity index (χ1n) is 6.77. The number of carboxylic acid groups (broad SMARTS) is 1. The zero-order chi connectivity index (χ0) is 15.1. The summed E-state index contributed by atoms with van der Waals surface area (Å²) < 4.78 is 5.13. The summed E-state index contributed by atoms with van der Waals surface area (Å²) in [5, 5.41) is 9.56. The summed E-state index contributed by atoms with van der Waals surface area (Å²) in [6, 6.07) is 5.88. The molecule has 0 spiro atoms. The molecule has 0 heterocycles. The third-order valence-corrected chi connectivity index (χ3v) is 3.93. The molecule has 0 saturated heterocycles. The first-order chi connectivity index (χ1) is 9.52. The normalized spacial score (nSPS) is 10.8. The van der Waals surface area contributed by atoms with Crippen LogP contribution in [0.5, 0.6) is 0 Å². The molecule has 1 aromatic rings. The lowest BCUT2D eigenvalue weighted by Crippen LogP contribution is -2.35. The van der Waals surface area contributed by atoms with Gasteiger partial charge in [-0.3, -0.25) is 0 Å². The molecule has 0 unspecified atom stereocenters. The van der Waals surface area contributed by atoms with Gasteiger partial charge in [-0.2, -0.15) is 0 Å². The Balaban J connectivity index is 3.25. The van der Waals surface area contributed by atoms with Gasteiger partial charge in [-0.1, -0.05) is 13.0 Å². The molecular formula is C15H23NO3S. The molecule has 20 heavy (non-hydrogen) atoms. The third kappa shape index (κ3) is 4.15. The number of benzene rings is 1. The van der Waals surface area contributed by atoms with Crippen molar-refractivity contribution >= 4 is 23.4 Å². The topological polar surface area (TPSA) is 49.8 Å². The van der Waals surface area contributed by atoms with Gasteiger partial charge in [0.1, 0.15) is 0 Å². The maximum atomic E-state index is 11.6. The molecule has 0 aliphatic heterocycles. The zero-order valence-electron chi connectivity index (χ0n) is 12.5. The van der Waals surface area contributed by atoms with Crippen LogP contribution in [0.4, 0.5) is 5.69 Å². The lowest BCUT2D eigenvalue weighted by atomic mass is 10.1. The second-order valence-electron chi connectivity index (χ2n) is 4.67. The van der Waals surface area contributed by atoms with Crippen LogP contribution < -0.4 is 4.90 Å². The molecule has 0 saturated carbocycles.